The van der Waals surface area contributed by atoms with Crippen LogP contribution in [-0.2, 0) is 5.75 Å². The van der Waals surface area contributed by atoms with Gasteiger partial charge in [-0.15, -0.1) is 10.2 Å². The quantitative estimate of drug-likeness (QED) is 0.292. The number of hydrogen-bond acceptors (Lipinski definition) is 6. The van der Waals surface area contributed by atoms with Crippen molar-refractivity contribution in [2.75, 3.05) is 0 Å². The minimum absolute atomic E-state index is 0.0307. The van der Waals surface area contributed by atoms with Crippen molar-refractivity contribution in [2.45, 2.75) is 17.8 Å². The standard InChI is InChI=1S/C17H15N5O2S/c1-13-19-20-17(25-12-14-6-3-2-4-7-14)21(13)18-11-15-8-5-9-16(10-15)22(23)24/h2-11H,12H2,1H3/b18-11-. The van der Waals surface area contributed by atoms with E-state index in [9.17, 15) is 10.1 Å². The molecule has 0 spiro atoms. The van der Waals surface area contributed by atoms with Crippen molar-refractivity contribution in [3.05, 3.63) is 81.7 Å². The zero-order chi connectivity index (χ0) is 17.6. The van der Waals surface area contributed by atoms with Gasteiger partial charge in [0.1, 0.15) is 0 Å². The SMILES string of the molecule is Cc1nnc(SCc2ccccc2)n1/N=C\c1cccc([N+](=O)[O-])c1. The summed E-state index contributed by atoms with van der Waals surface area (Å²) in [6.07, 6.45) is 1.57. The van der Waals surface area contributed by atoms with E-state index in [0.717, 1.165) is 5.75 Å². The number of rotatable bonds is 6. The molecule has 25 heavy (non-hydrogen) atoms. The zero-order valence-corrected chi connectivity index (χ0v) is 14.3. The molecule has 0 saturated heterocycles. The van der Waals surface area contributed by atoms with Crippen molar-refractivity contribution < 1.29 is 4.92 Å². The maximum atomic E-state index is 10.8. The lowest BCUT2D eigenvalue weighted by Gasteiger charge is -2.02. The highest BCUT2D eigenvalue weighted by Gasteiger charge is 2.09. The van der Waals surface area contributed by atoms with Gasteiger partial charge in [0.25, 0.3) is 5.69 Å². The molecule has 0 amide bonds. The molecule has 126 valence electrons. The molecule has 1 aromatic heterocycles. The van der Waals surface area contributed by atoms with E-state index in [-0.39, 0.29) is 5.69 Å². The number of benzene rings is 2. The number of nitro benzene ring substituents is 1. The largest absolute Gasteiger partial charge is 0.270 e. The Morgan fingerprint density at radius 3 is 2.76 bits per heavy atom. The summed E-state index contributed by atoms with van der Waals surface area (Å²) in [6, 6.07) is 16.4. The highest BCUT2D eigenvalue weighted by atomic mass is 32.2. The van der Waals surface area contributed by atoms with Gasteiger partial charge in [0.05, 0.1) is 11.1 Å². The zero-order valence-electron chi connectivity index (χ0n) is 13.4. The van der Waals surface area contributed by atoms with Crippen LogP contribution in [0.25, 0.3) is 0 Å². The van der Waals surface area contributed by atoms with E-state index in [2.05, 4.69) is 15.3 Å². The van der Waals surface area contributed by atoms with Crippen molar-refractivity contribution in [2.24, 2.45) is 5.10 Å². The number of hydrogen-bond donors (Lipinski definition) is 0. The summed E-state index contributed by atoms with van der Waals surface area (Å²) < 4.78 is 1.63. The van der Waals surface area contributed by atoms with Crippen LogP contribution in [0.2, 0.25) is 0 Å². The highest BCUT2D eigenvalue weighted by Crippen LogP contribution is 2.21. The number of aromatic nitrogens is 3. The molecule has 3 rings (SSSR count). The first-order valence-corrected chi connectivity index (χ1v) is 8.49. The number of aryl methyl sites for hydroxylation is 1. The lowest BCUT2D eigenvalue weighted by Crippen LogP contribution is -1.97. The van der Waals surface area contributed by atoms with Crippen molar-refractivity contribution in [1.82, 2.24) is 14.9 Å². The van der Waals surface area contributed by atoms with Crippen molar-refractivity contribution >= 4 is 23.7 Å². The van der Waals surface area contributed by atoms with Gasteiger partial charge in [-0.1, -0.05) is 54.2 Å². The molecule has 0 N–H and O–H groups in total. The summed E-state index contributed by atoms with van der Waals surface area (Å²) in [5.74, 6) is 1.41. The van der Waals surface area contributed by atoms with Gasteiger partial charge in [-0.2, -0.15) is 9.78 Å². The molecule has 0 saturated carbocycles. The van der Waals surface area contributed by atoms with Gasteiger partial charge in [0, 0.05) is 23.4 Å². The van der Waals surface area contributed by atoms with Crippen LogP contribution < -0.4 is 0 Å². The topological polar surface area (TPSA) is 86.2 Å². The Morgan fingerprint density at radius 2 is 2.00 bits per heavy atom. The van der Waals surface area contributed by atoms with Crippen LogP contribution in [0.15, 0.2) is 64.9 Å². The molecule has 0 fully saturated rings. The van der Waals surface area contributed by atoms with Crippen molar-refractivity contribution in [1.29, 1.82) is 0 Å². The summed E-state index contributed by atoms with van der Waals surface area (Å²) >= 11 is 1.53. The fourth-order valence-electron chi connectivity index (χ4n) is 2.13. The van der Waals surface area contributed by atoms with Gasteiger partial charge in [0.15, 0.2) is 5.82 Å². The molecule has 0 aliphatic carbocycles. The normalized spacial score (nSPS) is 11.1. The van der Waals surface area contributed by atoms with E-state index in [1.54, 1.807) is 23.0 Å². The second-order valence-electron chi connectivity index (χ2n) is 5.21. The van der Waals surface area contributed by atoms with E-state index >= 15 is 0 Å². The number of nitrogens with zero attached hydrogens (tertiary/aromatic N) is 5. The van der Waals surface area contributed by atoms with Gasteiger partial charge in [-0.25, -0.2) is 0 Å². The molecular weight excluding hydrogens is 338 g/mol. The Balaban J connectivity index is 1.77. The van der Waals surface area contributed by atoms with E-state index in [4.69, 9.17) is 0 Å². The number of non-ortho nitro benzene ring substituents is 1. The third-order valence-corrected chi connectivity index (χ3v) is 4.37. The summed E-state index contributed by atoms with van der Waals surface area (Å²) in [7, 11) is 0. The minimum Gasteiger partial charge on any atom is -0.258 e. The molecule has 8 heteroatoms. The molecule has 0 unspecified atom stereocenters. The molecule has 3 aromatic rings. The predicted octanol–water partition coefficient (Wildman–Crippen LogP) is 3.67. The maximum Gasteiger partial charge on any atom is 0.270 e. The van der Waals surface area contributed by atoms with Crippen molar-refractivity contribution in [3.63, 3.8) is 0 Å². The summed E-state index contributed by atoms with van der Waals surface area (Å²) in [4.78, 5) is 10.4. The van der Waals surface area contributed by atoms with Crippen LogP contribution in [0, 0.1) is 17.0 Å². The lowest BCUT2D eigenvalue weighted by molar-refractivity contribution is -0.384. The minimum atomic E-state index is -0.428. The molecule has 0 aliphatic rings. The average molecular weight is 353 g/mol. The van der Waals surface area contributed by atoms with E-state index in [1.807, 2.05) is 37.3 Å². The molecular formula is C17H15N5O2S. The Hall–Kier alpha value is -3.00. The van der Waals surface area contributed by atoms with E-state index < -0.39 is 4.92 Å². The lowest BCUT2D eigenvalue weighted by atomic mass is 10.2. The van der Waals surface area contributed by atoms with Crippen LogP contribution >= 0.6 is 11.8 Å². The monoisotopic (exact) mass is 353 g/mol. The Bertz CT molecular complexity index is 908. The molecule has 0 aliphatic heterocycles. The molecule has 2 aromatic carbocycles. The number of nitro groups is 1. The van der Waals surface area contributed by atoms with Crippen LogP contribution in [0.4, 0.5) is 5.69 Å². The highest BCUT2D eigenvalue weighted by molar-refractivity contribution is 7.98. The fourth-order valence-corrected chi connectivity index (χ4v) is 3.01. The first kappa shape index (κ1) is 16.8. The van der Waals surface area contributed by atoms with Crippen LogP contribution in [-0.4, -0.2) is 26.0 Å². The summed E-state index contributed by atoms with van der Waals surface area (Å²) in [5, 5.41) is 24.1. The Labute approximate surface area is 148 Å². The number of thioether (sulfide) groups is 1. The van der Waals surface area contributed by atoms with E-state index in [1.165, 1.54) is 29.5 Å². The molecule has 7 nitrogen and oxygen atoms in total. The second-order valence-corrected chi connectivity index (χ2v) is 6.16. The van der Waals surface area contributed by atoms with Crippen molar-refractivity contribution in [3.8, 4) is 0 Å². The molecule has 0 atom stereocenters. The smallest absolute Gasteiger partial charge is 0.258 e. The van der Waals surface area contributed by atoms with Crippen LogP contribution in [0.1, 0.15) is 17.0 Å². The average Bonchev–Trinajstić information content (AvgIpc) is 2.99. The fraction of sp³-hybridized carbons (Fsp3) is 0.118. The van der Waals surface area contributed by atoms with Crippen LogP contribution in [0.5, 0.6) is 0 Å². The summed E-state index contributed by atoms with van der Waals surface area (Å²) in [6.45, 7) is 1.81. The molecule has 1 heterocycles. The van der Waals surface area contributed by atoms with Gasteiger partial charge in [-0.3, -0.25) is 10.1 Å². The first-order valence-electron chi connectivity index (χ1n) is 7.51. The molecule has 0 bridgehead atoms. The Kier molecular flexibility index (Phi) is 5.20. The van der Waals surface area contributed by atoms with Gasteiger partial charge in [0.2, 0.25) is 5.16 Å². The van der Waals surface area contributed by atoms with Gasteiger partial charge in [-0.05, 0) is 12.5 Å². The van der Waals surface area contributed by atoms with Gasteiger partial charge >= 0.3 is 0 Å². The first-order chi connectivity index (χ1) is 12.1. The predicted molar refractivity (Wildman–Crippen MR) is 96.9 cm³/mol. The third-order valence-electron chi connectivity index (χ3n) is 3.38. The van der Waals surface area contributed by atoms with Gasteiger partial charge < -0.3 is 0 Å². The second kappa shape index (κ2) is 7.71. The van der Waals surface area contributed by atoms with Crippen LogP contribution in [0.3, 0.4) is 0 Å². The van der Waals surface area contributed by atoms with E-state index in [0.29, 0.717) is 16.5 Å². The third kappa shape index (κ3) is 4.30. The molecule has 0 radical (unpaired) electrons. The Morgan fingerprint density at radius 1 is 1.20 bits per heavy atom. The maximum absolute atomic E-state index is 10.8. The summed E-state index contributed by atoms with van der Waals surface area (Å²) in [5.41, 5.74) is 1.85.